The van der Waals surface area contributed by atoms with Crippen LogP contribution in [-0.2, 0) is 9.59 Å². The summed E-state index contributed by atoms with van der Waals surface area (Å²) < 4.78 is 31.3. The SMILES string of the molecule is O=C(/C=C/c1ccc(F)c(Cl)c1)NNC(=O)COc1ccccc1F. The standard InChI is InChI=1S/C17H13ClF2N2O3/c18-12-9-11(5-7-13(12)19)6-8-16(23)21-22-17(24)10-25-15-4-2-1-3-14(15)20/h1-9H,10H2,(H,21,23)(H,22,24)/b8-6+. The van der Waals surface area contributed by atoms with E-state index in [1.54, 1.807) is 6.07 Å². The molecule has 0 atom stereocenters. The number of nitrogens with one attached hydrogen (secondary N) is 2. The second kappa shape index (κ2) is 8.79. The second-order valence-corrected chi connectivity index (χ2v) is 5.17. The average Bonchev–Trinajstić information content (AvgIpc) is 2.60. The molecule has 2 amide bonds. The molecular formula is C17H13ClF2N2O3. The molecular weight excluding hydrogens is 354 g/mol. The largest absolute Gasteiger partial charge is 0.481 e. The first-order valence-electron chi connectivity index (χ1n) is 7.05. The van der Waals surface area contributed by atoms with Crippen molar-refractivity contribution in [3.63, 3.8) is 0 Å². The summed E-state index contributed by atoms with van der Waals surface area (Å²) in [6.45, 7) is -0.474. The fourth-order valence-electron chi connectivity index (χ4n) is 1.70. The summed E-state index contributed by atoms with van der Waals surface area (Å²) >= 11 is 5.62. The maximum Gasteiger partial charge on any atom is 0.276 e. The van der Waals surface area contributed by atoms with Crippen LogP contribution in [0.1, 0.15) is 5.56 Å². The molecule has 0 aromatic heterocycles. The molecule has 5 nitrogen and oxygen atoms in total. The third-order valence-electron chi connectivity index (χ3n) is 2.89. The first-order chi connectivity index (χ1) is 12.0. The van der Waals surface area contributed by atoms with Crippen LogP contribution in [0.3, 0.4) is 0 Å². The predicted molar refractivity (Wildman–Crippen MR) is 88.6 cm³/mol. The quantitative estimate of drug-likeness (QED) is 0.631. The highest BCUT2D eigenvalue weighted by Gasteiger charge is 2.06. The van der Waals surface area contributed by atoms with Gasteiger partial charge >= 0.3 is 0 Å². The van der Waals surface area contributed by atoms with Crippen LogP contribution in [0.2, 0.25) is 5.02 Å². The van der Waals surface area contributed by atoms with Crippen LogP contribution in [0.15, 0.2) is 48.5 Å². The highest BCUT2D eigenvalue weighted by molar-refractivity contribution is 6.30. The monoisotopic (exact) mass is 366 g/mol. The fraction of sp³-hybridized carbons (Fsp3) is 0.0588. The van der Waals surface area contributed by atoms with Crippen molar-refractivity contribution in [3.8, 4) is 5.75 Å². The first-order valence-corrected chi connectivity index (χ1v) is 7.43. The van der Waals surface area contributed by atoms with E-state index in [1.807, 2.05) is 0 Å². The number of hydrogen-bond donors (Lipinski definition) is 2. The molecule has 0 fully saturated rings. The Morgan fingerprint density at radius 2 is 1.84 bits per heavy atom. The summed E-state index contributed by atoms with van der Waals surface area (Å²) in [4.78, 5) is 23.1. The highest BCUT2D eigenvalue weighted by atomic mass is 35.5. The molecule has 0 unspecified atom stereocenters. The van der Waals surface area contributed by atoms with Crippen molar-refractivity contribution in [1.29, 1.82) is 0 Å². The lowest BCUT2D eigenvalue weighted by Crippen LogP contribution is -2.43. The summed E-state index contributed by atoms with van der Waals surface area (Å²) in [6.07, 6.45) is 2.52. The van der Waals surface area contributed by atoms with Gasteiger partial charge in [0.15, 0.2) is 18.2 Å². The van der Waals surface area contributed by atoms with Gasteiger partial charge in [0, 0.05) is 6.08 Å². The minimum absolute atomic E-state index is 0.0684. The van der Waals surface area contributed by atoms with E-state index in [-0.39, 0.29) is 10.8 Å². The molecule has 0 radical (unpaired) electrons. The van der Waals surface area contributed by atoms with Crippen molar-refractivity contribution in [2.45, 2.75) is 0 Å². The molecule has 0 saturated heterocycles. The topological polar surface area (TPSA) is 67.4 Å². The Balaban J connectivity index is 1.77. The average molecular weight is 367 g/mol. The van der Waals surface area contributed by atoms with Crippen LogP contribution >= 0.6 is 11.6 Å². The molecule has 130 valence electrons. The van der Waals surface area contributed by atoms with E-state index in [0.29, 0.717) is 5.56 Å². The number of halogens is 3. The van der Waals surface area contributed by atoms with Crippen LogP contribution in [0.25, 0.3) is 6.08 Å². The van der Waals surface area contributed by atoms with E-state index in [2.05, 4.69) is 10.9 Å². The molecule has 2 aromatic rings. The number of hydrogen-bond acceptors (Lipinski definition) is 3. The zero-order valence-electron chi connectivity index (χ0n) is 12.8. The lowest BCUT2D eigenvalue weighted by atomic mass is 10.2. The van der Waals surface area contributed by atoms with Gasteiger partial charge in [-0.25, -0.2) is 8.78 Å². The van der Waals surface area contributed by atoms with Crippen LogP contribution in [0, 0.1) is 11.6 Å². The number of carbonyl (C=O) groups excluding carboxylic acids is 2. The van der Waals surface area contributed by atoms with Crippen molar-refractivity contribution in [3.05, 3.63) is 70.8 Å². The van der Waals surface area contributed by atoms with E-state index in [9.17, 15) is 18.4 Å². The number of carbonyl (C=O) groups is 2. The Labute approximate surface area is 147 Å². The molecule has 0 aliphatic rings. The van der Waals surface area contributed by atoms with Crippen molar-refractivity contribution in [2.24, 2.45) is 0 Å². The summed E-state index contributed by atoms with van der Waals surface area (Å²) in [5.74, 6) is -2.53. The van der Waals surface area contributed by atoms with E-state index >= 15 is 0 Å². The molecule has 2 rings (SSSR count). The summed E-state index contributed by atoms with van der Waals surface area (Å²) in [6, 6.07) is 9.57. The molecule has 0 aliphatic heterocycles. The number of hydrazine groups is 1. The Hall–Kier alpha value is -2.93. The van der Waals surface area contributed by atoms with Crippen molar-refractivity contribution >= 4 is 29.5 Å². The van der Waals surface area contributed by atoms with Gasteiger partial charge in [0.05, 0.1) is 5.02 Å². The Morgan fingerprint density at radius 1 is 1.08 bits per heavy atom. The Bertz CT molecular complexity index is 812. The number of para-hydroxylation sites is 1. The Morgan fingerprint density at radius 3 is 2.56 bits per heavy atom. The molecule has 2 aromatic carbocycles. The second-order valence-electron chi connectivity index (χ2n) is 4.76. The smallest absolute Gasteiger partial charge is 0.276 e. The van der Waals surface area contributed by atoms with Crippen molar-refractivity contribution < 1.29 is 23.1 Å². The molecule has 0 spiro atoms. The molecule has 8 heteroatoms. The number of ether oxygens (including phenoxy) is 1. The third-order valence-corrected chi connectivity index (χ3v) is 3.18. The van der Waals surface area contributed by atoms with E-state index in [1.165, 1.54) is 42.5 Å². The van der Waals surface area contributed by atoms with Gasteiger partial charge in [-0.2, -0.15) is 0 Å². The van der Waals surface area contributed by atoms with Gasteiger partial charge in [0.25, 0.3) is 11.8 Å². The predicted octanol–water partition coefficient (Wildman–Crippen LogP) is 2.86. The summed E-state index contributed by atoms with van der Waals surface area (Å²) in [5.41, 5.74) is 4.74. The zero-order chi connectivity index (χ0) is 18.2. The van der Waals surface area contributed by atoms with Crippen LogP contribution in [0.5, 0.6) is 5.75 Å². The zero-order valence-corrected chi connectivity index (χ0v) is 13.5. The van der Waals surface area contributed by atoms with Gasteiger partial charge < -0.3 is 4.74 Å². The van der Waals surface area contributed by atoms with Gasteiger partial charge in [-0.3, -0.25) is 20.4 Å². The number of amides is 2. The molecule has 0 saturated carbocycles. The molecule has 2 N–H and O–H groups in total. The molecule has 0 bridgehead atoms. The van der Waals surface area contributed by atoms with E-state index < -0.39 is 30.1 Å². The lowest BCUT2D eigenvalue weighted by Gasteiger charge is -2.08. The molecule has 25 heavy (non-hydrogen) atoms. The lowest BCUT2D eigenvalue weighted by molar-refractivity contribution is -0.128. The number of rotatable bonds is 5. The van der Waals surface area contributed by atoms with Crippen molar-refractivity contribution in [1.82, 2.24) is 10.9 Å². The normalized spacial score (nSPS) is 10.5. The summed E-state index contributed by atoms with van der Waals surface area (Å²) in [7, 11) is 0. The minimum atomic E-state index is -0.671. The van der Waals surface area contributed by atoms with E-state index in [0.717, 1.165) is 6.08 Å². The van der Waals surface area contributed by atoms with Gasteiger partial charge in [0.2, 0.25) is 0 Å². The van der Waals surface area contributed by atoms with Gasteiger partial charge in [-0.05, 0) is 35.9 Å². The van der Waals surface area contributed by atoms with E-state index in [4.69, 9.17) is 16.3 Å². The van der Waals surface area contributed by atoms with Gasteiger partial charge in [-0.15, -0.1) is 0 Å². The van der Waals surface area contributed by atoms with Crippen LogP contribution in [-0.4, -0.2) is 18.4 Å². The third kappa shape index (κ3) is 5.89. The maximum atomic E-state index is 13.3. The minimum Gasteiger partial charge on any atom is -0.481 e. The molecule has 0 aliphatic carbocycles. The molecule has 0 heterocycles. The fourth-order valence-corrected chi connectivity index (χ4v) is 1.89. The van der Waals surface area contributed by atoms with Gasteiger partial charge in [-0.1, -0.05) is 29.8 Å². The summed E-state index contributed by atoms with van der Waals surface area (Å²) in [5, 5.41) is -0.0684. The maximum absolute atomic E-state index is 13.3. The Kier molecular flexibility index (Phi) is 6.47. The van der Waals surface area contributed by atoms with Crippen LogP contribution < -0.4 is 15.6 Å². The van der Waals surface area contributed by atoms with Crippen molar-refractivity contribution in [2.75, 3.05) is 6.61 Å². The van der Waals surface area contributed by atoms with Crippen LogP contribution in [0.4, 0.5) is 8.78 Å². The highest BCUT2D eigenvalue weighted by Crippen LogP contribution is 2.17. The van der Waals surface area contributed by atoms with Gasteiger partial charge in [0.1, 0.15) is 5.82 Å². The first kappa shape index (κ1) is 18.4. The number of benzene rings is 2.